The summed E-state index contributed by atoms with van der Waals surface area (Å²) < 4.78 is 31.5. The molecule has 0 aromatic heterocycles. The van der Waals surface area contributed by atoms with Crippen molar-refractivity contribution in [1.82, 2.24) is 9.03 Å². The first-order valence-electron chi connectivity index (χ1n) is 3.85. The summed E-state index contributed by atoms with van der Waals surface area (Å²) in [5, 5.41) is 0. The zero-order valence-electron chi connectivity index (χ0n) is 7.53. The molecule has 0 amide bonds. The van der Waals surface area contributed by atoms with E-state index < -0.39 is 10.2 Å². The quantitative estimate of drug-likeness (QED) is 0.708. The maximum absolute atomic E-state index is 11.4. The molecule has 1 N–H and O–H groups in total. The molecule has 0 aromatic rings. The minimum atomic E-state index is -3.34. The summed E-state index contributed by atoms with van der Waals surface area (Å²) >= 11 is 3.34. The molecule has 1 aliphatic heterocycles. The molecule has 78 valence electrons. The van der Waals surface area contributed by atoms with E-state index in [1.165, 1.54) is 14.1 Å². The molecular formula is C6H13BrN2O3S. The summed E-state index contributed by atoms with van der Waals surface area (Å²) in [4.78, 5) is 0.0576. The highest BCUT2D eigenvalue weighted by Crippen LogP contribution is 2.15. The molecular weight excluding hydrogens is 260 g/mol. The normalized spacial score (nSPS) is 29.8. The van der Waals surface area contributed by atoms with Crippen molar-refractivity contribution in [2.24, 2.45) is 0 Å². The maximum Gasteiger partial charge on any atom is 0.279 e. The van der Waals surface area contributed by atoms with Gasteiger partial charge in [-0.1, -0.05) is 15.9 Å². The number of rotatable bonds is 3. The van der Waals surface area contributed by atoms with Gasteiger partial charge in [-0.05, 0) is 0 Å². The Morgan fingerprint density at radius 2 is 2.08 bits per heavy atom. The van der Waals surface area contributed by atoms with Crippen molar-refractivity contribution in [1.29, 1.82) is 0 Å². The monoisotopic (exact) mass is 272 g/mol. The Hall–Kier alpha value is 0.310. The van der Waals surface area contributed by atoms with E-state index in [4.69, 9.17) is 4.74 Å². The third-order valence-corrected chi connectivity index (χ3v) is 4.26. The SMILES string of the molecule is CN(C)S(=O)(=O)NC1COCC1Br. The third kappa shape index (κ3) is 2.88. The predicted octanol–water partition coefficient (Wildman–Crippen LogP) is -0.455. The summed E-state index contributed by atoms with van der Waals surface area (Å²) in [5.41, 5.74) is 0. The molecule has 1 aliphatic rings. The second-order valence-corrected chi connectivity index (χ2v) is 6.16. The van der Waals surface area contributed by atoms with Crippen LogP contribution in [0.15, 0.2) is 0 Å². The van der Waals surface area contributed by atoms with Crippen molar-refractivity contribution < 1.29 is 13.2 Å². The van der Waals surface area contributed by atoms with E-state index in [0.29, 0.717) is 13.2 Å². The van der Waals surface area contributed by atoms with Crippen LogP contribution < -0.4 is 4.72 Å². The molecule has 0 aromatic carbocycles. The van der Waals surface area contributed by atoms with Gasteiger partial charge in [0.15, 0.2) is 0 Å². The number of hydrogen-bond donors (Lipinski definition) is 1. The number of halogens is 1. The average molecular weight is 273 g/mol. The minimum Gasteiger partial charge on any atom is -0.379 e. The Morgan fingerprint density at radius 3 is 2.46 bits per heavy atom. The Balaban J connectivity index is 2.58. The second-order valence-electron chi connectivity index (χ2n) is 3.07. The fraction of sp³-hybridized carbons (Fsp3) is 1.00. The van der Waals surface area contributed by atoms with Gasteiger partial charge in [-0.25, -0.2) is 0 Å². The van der Waals surface area contributed by atoms with Crippen LogP contribution in [0.1, 0.15) is 0 Å². The molecule has 5 nitrogen and oxygen atoms in total. The zero-order chi connectivity index (χ0) is 10.1. The first kappa shape index (κ1) is 11.4. The summed E-state index contributed by atoms with van der Waals surface area (Å²) in [6, 6.07) is -0.174. The highest BCUT2D eigenvalue weighted by atomic mass is 79.9. The van der Waals surface area contributed by atoms with Gasteiger partial charge in [-0.3, -0.25) is 0 Å². The van der Waals surface area contributed by atoms with E-state index in [1.807, 2.05) is 0 Å². The highest BCUT2D eigenvalue weighted by molar-refractivity contribution is 9.09. The van der Waals surface area contributed by atoms with Gasteiger partial charge < -0.3 is 4.74 Å². The lowest BCUT2D eigenvalue weighted by atomic mass is 10.3. The van der Waals surface area contributed by atoms with E-state index in [0.717, 1.165) is 4.31 Å². The van der Waals surface area contributed by atoms with Crippen LogP contribution in [0.25, 0.3) is 0 Å². The van der Waals surface area contributed by atoms with Crippen molar-refractivity contribution in [3.05, 3.63) is 0 Å². The van der Waals surface area contributed by atoms with Crippen LogP contribution in [0.5, 0.6) is 0 Å². The van der Waals surface area contributed by atoms with E-state index in [9.17, 15) is 8.42 Å². The van der Waals surface area contributed by atoms with Crippen LogP contribution in [0.3, 0.4) is 0 Å². The molecule has 1 fully saturated rings. The molecule has 1 saturated heterocycles. The van der Waals surface area contributed by atoms with Crippen LogP contribution in [-0.2, 0) is 14.9 Å². The number of ether oxygens (including phenoxy) is 1. The van der Waals surface area contributed by atoms with E-state index in [2.05, 4.69) is 20.7 Å². The fourth-order valence-corrected chi connectivity index (χ4v) is 2.41. The molecule has 1 heterocycles. The third-order valence-electron chi connectivity index (χ3n) is 1.79. The van der Waals surface area contributed by atoms with Crippen molar-refractivity contribution in [2.75, 3.05) is 27.3 Å². The Bertz CT molecular complexity index is 267. The highest BCUT2D eigenvalue weighted by Gasteiger charge is 2.30. The lowest BCUT2D eigenvalue weighted by Gasteiger charge is -2.17. The van der Waals surface area contributed by atoms with Crippen molar-refractivity contribution in [2.45, 2.75) is 10.9 Å². The van der Waals surface area contributed by atoms with Gasteiger partial charge in [0, 0.05) is 14.1 Å². The van der Waals surface area contributed by atoms with Gasteiger partial charge >= 0.3 is 0 Å². The number of nitrogens with zero attached hydrogens (tertiary/aromatic N) is 1. The zero-order valence-corrected chi connectivity index (χ0v) is 9.93. The summed E-state index contributed by atoms with van der Waals surface area (Å²) in [7, 11) is -0.366. The Kier molecular flexibility index (Phi) is 3.70. The first-order valence-corrected chi connectivity index (χ1v) is 6.20. The topological polar surface area (TPSA) is 58.6 Å². The number of nitrogens with one attached hydrogen (secondary N) is 1. The summed E-state index contributed by atoms with van der Waals surface area (Å²) in [5.74, 6) is 0. The molecule has 1 rings (SSSR count). The Morgan fingerprint density at radius 1 is 1.46 bits per heavy atom. The van der Waals surface area contributed by atoms with Gasteiger partial charge in [0.1, 0.15) is 0 Å². The van der Waals surface area contributed by atoms with Crippen LogP contribution in [0.4, 0.5) is 0 Å². The van der Waals surface area contributed by atoms with E-state index >= 15 is 0 Å². The average Bonchev–Trinajstić information content (AvgIpc) is 2.35. The maximum atomic E-state index is 11.4. The molecule has 0 radical (unpaired) electrons. The molecule has 7 heteroatoms. The van der Waals surface area contributed by atoms with Gasteiger partial charge in [-0.2, -0.15) is 17.4 Å². The summed E-state index contributed by atoms with van der Waals surface area (Å²) in [6.45, 7) is 0.962. The van der Waals surface area contributed by atoms with Crippen LogP contribution in [-0.4, -0.2) is 50.9 Å². The molecule has 0 aliphatic carbocycles. The lowest BCUT2D eigenvalue weighted by molar-refractivity contribution is 0.193. The molecule has 2 atom stereocenters. The van der Waals surface area contributed by atoms with Crippen LogP contribution >= 0.6 is 15.9 Å². The van der Waals surface area contributed by atoms with Gasteiger partial charge in [0.05, 0.1) is 24.1 Å². The van der Waals surface area contributed by atoms with Gasteiger partial charge in [0.2, 0.25) is 0 Å². The van der Waals surface area contributed by atoms with Gasteiger partial charge in [0.25, 0.3) is 10.2 Å². The fourth-order valence-electron chi connectivity index (χ4n) is 0.933. The second kappa shape index (κ2) is 4.22. The van der Waals surface area contributed by atoms with Crippen LogP contribution in [0, 0.1) is 0 Å². The van der Waals surface area contributed by atoms with E-state index in [1.54, 1.807) is 0 Å². The molecule has 0 saturated carbocycles. The van der Waals surface area contributed by atoms with Crippen molar-refractivity contribution >= 4 is 26.1 Å². The van der Waals surface area contributed by atoms with E-state index in [-0.39, 0.29) is 10.9 Å². The smallest absolute Gasteiger partial charge is 0.279 e. The predicted molar refractivity (Wildman–Crippen MR) is 53.1 cm³/mol. The molecule has 0 spiro atoms. The number of alkyl halides is 1. The first-order chi connectivity index (χ1) is 5.93. The largest absolute Gasteiger partial charge is 0.379 e. The molecule has 0 bridgehead atoms. The summed E-state index contributed by atoms with van der Waals surface area (Å²) in [6.07, 6.45) is 0. The lowest BCUT2D eigenvalue weighted by Crippen LogP contribution is -2.45. The Labute approximate surface area is 86.7 Å². The number of hydrogen-bond acceptors (Lipinski definition) is 3. The molecule has 2 unspecified atom stereocenters. The standard InChI is InChI=1S/C6H13BrN2O3S/c1-9(2)13(10,11)8-6-4-12-3-5(6)7/h5-6,8H,3-4H2,1-2H3. The van der Waals surface area contributed by atoms with Crippen molar-refractivity contribution in [3.8, 4) is 0 Å². The molecule has 13 heavy (non-hydrogen) atoms. The van der Waals surface area contributed by atoms with Crippen molar-refractivity contribution in [3.63, 3.8) is 0 Å². The van der Waals surface area contributed by atoms with Crippen LogP contribution in [0.2, 0.25) is 0 Å². The minimum absolute atomic E-state index is 0.0576. The van der Waals surface area contributed by atoms with Gasteiger partial charge in [-0.15, -0.1) is 0 Å².